The molecule has 0 aromatic heterocycles. The molecule has 0 aliphatic carbocycles. The van der Waals surface area contributed by atoms with Gasteiger partial charge in [-0.1, -0.05) is 8.64 Å². The second-order valence-electron chi connectivity index (χ2n) is 7.43. The SMILES string of the molecule is Fc1ccc(N2CCN(C(=S)[S-])CC2)cc1.Fc1ccc(N2CCN(C(=S)[S-])CC2)cc1.[Mn+2]. The van der Waals surface area contributed by atoms with Crippen LogP contribution in [0.15, 0.2) is 48.5 Å². The Labute approximate surface area is 226 Å². The van der Waals surface area contributed by atoms with Gasteiger partial charge in [0.2, 0.25) is 0 Å². The van der Waals surface area contributed by atoms with Gasteiger partial charge in [-0.25, -0.2) is 8.78 Å². The van der Waals surface area contributed by atoms with Crippen LogP contribution in [0.4, 0.5) is 20.2 Å². The molecule has 2 heterocycles. The Kier molecular flexibility index (Phi) is 11.4. The zero-order valence-electron chi connectivity index (χ0n) is 17.8. The second kappa shape index (κ2) is 13.5. The Bertz CT molecular complexity index is 826. The summed E-state index contributed by atoms with van der Waals surface area (Å²) in [4.78, 5) is 8.46. The predicted octanol–water partition coefficient (Wildman–Crippen LogP) is 3.56. The third-order valence-corrected chi connectivity index (χ3v) is 6.49. The fraction of sp³-hybridized carbons (Fsp3) is 0.364. The summed E-state index contributed by atoms with van der Waals surface area (Å²) >= 11 is 19.8. The third kappa shape index (κ3) is 8.42. The fourth-order valence-electron chi connectivity index (χ4n) is 3.60. The molecule has 0 N–H and O–H groups in total. The molecule has 0 saturated carbocycles. The molecule has 33 heavy (non-hydrogen) atoms. The van der Waals surface area contributed by atoms with Crippen molar-refractivity contribution in [3.63, 3.8) is 0 Å². The van der Waals surface area contributed by atoms with Gasteiger partial charge in [0, 0.05) is 63.7 Å². The molecule has 4 rings (SSSR count). The van der Waals surface area contributed by atoms with Crippen LogP contribution in [0.3, 0.4) is 0 Å². The van der Waals surface area contributed by atoms with Crippen LogP contribution in [0.5, 0.6) is 0 Å². The first-order valence-electron chi connectivity index (χ1n) is 10.3. The summed E-state index contributed by atoms with van der Waals surface area (Å²) in [5, 5.41) is 0. The molecular weight excluding hydrogens is 541 g/mol. The summed E-state index contributed by atoms with van der Waals surface area (Å²) in [6.45, 7) is 6.90. The van der Waals surface area contributed by atoms with Crippen molar-refractivity contribution in [1.29, 1.82) is 0 Å². The molecule has 2 aliphatic rings. The van der Waals surface area contributed by atoms with Crippen LogP contribution in [0.1, 0.15) is 0 Å². The van der Waals surface area contributed by atoms with Crippen molar-refractivity contribution in [1.82, 2.24) is 9.80 Å². The topological polar surface area (TPSA) is 13.0 Å². The maximum Gasteiger partial charge on any atom is 2.00 e. The Morgan fingerprint density at radius 3 is 1.09 bits per heavy atom. The van der Waals surface area contributed by atoms with E-state index < -0.39 is 0 Å². The van der Waals surface area contributed by atoms with E-state index in [1.807, 2.05) is 9.80 Å². The van der Waals surface area contributed by atoms with Gasteiger partial charge in [0.15, 0.2) is 0 Å². The smallest absolute Gasteiger partial charge is 0.411 e. The molecule has 2 aromatic rings. The monoisotopic (exact) mass is 565 g/mol. The molecule has 0 bridgehead atoms. The van der Waals surface area contributed by atoms with Crippen molar-refractivity contribution in [3.05, 3.63) is 60.2 Å². The molecule has 0 atom stereocenters. The Hall–Kier alpha value is -1.36. The summed E-state index contributed by atoms with van der Waals surface area (Å²) < 4.78 is 26.6. The number of benzene rings is 2. The van der Waals surface area contributed by atoms with Crippen molar-refractivity contribution in [2.75, 3.05) is 62.2 Å². The Morgan fingerprint density at radius 2 is 0.848 bits per heavy atom. The minimum atomic E-state index is -0.200. The molecule has 2 fully saturated rings. The number of rotatable bonds is 2. The van der Waals surface area contributed by atoms with Gasteiger partial charge in [-0.05, 0) is 48.5 Å². The Morgan fingerprint density at radius 1 is 0.576 bits per heavy atom. The first kappa shape index (κ1) is 27.9. The number of hydrogen-bond donors (Lipinski definition) is 0. The van der Waals surface area contributed by atoms with E-state index in [9.17, 15) is 8.78 Å². The van der Waals surface area contributed by atoms with Crippen LogP contribution in [-0.2, 0) is 42.3 Å². The molecule has 2 saturated heterocycles. The molecule has 0 amide bonds. The van der Waals surface area contributed by atoms with E-state index >= 15 is 0 Å². The molecule has 4 nitrogen and oxygen atoms in total. The first-order chi connectivity index (χ1) is 15.3. The number of halogens is 2. The quantitative estimate of drug-likeness (QED) is 0.308. The van der Waals surface area contributed by atoms with Gasteiger partial charge in [-0.2, -0.15) is 0 Å². The maximum atomic E-state index is 12.8. The van der Waals surface area contributed by atoms with E-state index in [2.05, 4.69) is 9.80 Å². The van der Waals surface area contributed by atoms with Crippen LogP contribution < -0.4 is 9.80 Å². The molecule has 11 heteroatoms. The molecule has 177 valence electrons. The molecule has 2 aliphatic heterocycles. The minimum absolute atomic E-state index is 0. The summed E-state index contributed by atoms with van der Waals surface area (Å²) in [6, 6.07) is 13.2. The van der Waals surface area contributed by atoms with Crippen LogP contribution in [0.25, 0.3) is 0 Å². The van der Waals surface area contributed by atoms with E-state index in [0.29, 0.717) is 8.64 Å². The van der Waals surface area contributed by atoms with Gasteiger partial charge >= 0.3 is 17.1 Å². The number of hydrogen-bond acceptors (Lipinski definition) is 6. The van der Waals surface area contributed by atoms with Crippen molar-refractivity contribution >= 4 is 69.7 Å². The summed E-state index contributed by atoms with van der Waals surface area (Å²) in [7, 11) is 0. The largest absolute Gasteiger partial charge is 2.00 e. The normalized spacial score (nSPS) is 15.8. The van der Waals surface area contributed by atoms with Gasteiger partial charge in [0.1, 0.15) is 11.6 Å². The van der Waals surface area contributed by atoms with Crippen LogP contribution in [-0.4, -0.2) is 70.8 Å². The van der Waals surface area contributed by atoms with E-state index in [1.165, 1.54) is 24.3 Å². The van der Waals surface area contributed by atoms with Crippen LogP contribution in [0.2, 0.25) is 0 Å². The standard InChI is InChI=1S/2C11H13FN2S2.Mn/c2*12-9-1-3-10(4-2-9)13-5-7-14(8-6-13)11(15)16;/h2*1-4H,5-8H2,(H,15,16);/q;;+2/p-2. The maximum absolute atomic E-state index is 12.8. The molecule has 2 aromatic carbocycles. The van der Waals surface area contributed by atoms with Crippen LogP contribution in [0, 0.1) is 11.6 Å². The van der Waals surface area contributed by atoms with E-state index in [-0.39, 0.29) is 28.7 Å². The first-order valence-corrected chi connectivity index (χ1v) is 11.9. The van der Waals surface area contributed by atoms with Gasteiger partial charge < -0.3 is 69.3 Å². The molecular formula is C22H24F2MnN4S4. The van der Waals surface area contributed by atoms with E-state index in [1.54, 1.807) is 24.3 Å². The zero-order valence-corrected chi connectivity index (χ0v) is 22.3. The van der Waals surface area contributed by atoms with E-state index in [4.69, 9.17) is 49.7 Å². The molecule has 0 spiro atoms. The number of nitrogens with zero attached hydrogens (tertiary/aromatic N) is 4. The zero-order chi connectivity index (χ0) is 23.1. The fourth-order valence-corrected chi connectivity index (χ4v) is 4.33. The number of piperazine rings is 2. The molecule has 1 radical (unpaired) electrons. The summed E-state index contributed by atoms with van der Waals surface area (Å²) in [6.07, 6.45) is 0. The molecule has 0 unspecified atom stereocenters. The predicted molar refractivity (Wildman–Crippen MR) is 140 cm³/mol. The van der Waals surface area contributed by atoms with Crippen molar-refractivity contribution in [3.8, 4) is 0 Å². The number of anilines is 2. The van der Waals surface area contributed by atoms with Gasteiger partial charge in [0.25, 0.3) is 0 Å². The number of thiocarbonyl (C=S) groups is 2. The van der Waals surface area contributed by atoms with Crippen molar-refractivity contribution in [2.45, 2.75) is 0 Å². The van der Waals surface area contributed by atoms with Gasteiger partial charge in [0.05, 0.1) is 0 Å². The summed E-state index contributed by atoms with van der Waals surface area (Å²) in [5.41, 5.74) is 2.10. The van der Waals surface area contributed by atoms with Gasteiger partial charge in [-0.15, -0.1) is 0 Å². The summed E-state index contributed by atoms with van der Waals surface area (Å²) in [5.74, 6) is -0.400. The third-order valence-electron chi connectivity index (χ3n) is 5.46. The average molecular weight is 566 g/mol. The van der Waals surface area contributed by atoms with Crippen molar-refractivity contribution in [2.24, 2.45) is 0 Å². The Balaban J connectivity index is 0.000000227. The van der Waals surface area contributed by atoms with E-state index in [0.717, 1.165) is 63.7 Å². The van der Waals surface area contributed by atoms with Crippen LogP contribution >= 0.6 is 24.4 Å². The van der Waals surface area contributed by atoms with Crippen molar-refractivity contribution < 1.29 is 25.8 Å². The minimum Gasteiger partial charge on any atom is -0.411 e. The van der Waals surface area contributed by atoms with Gasteiger partial charge in [-0.3, -0.25) is 0 Å². The second-order valence-corrected chi connectivity index (χ2v) is 9.50. The average Bonchev–Trinajstić information content (AvgIpc) is 2.81.